The summed E-state index contributed by atoms with van der Waals surface area (Å²) in [5.41, 5.74) is -0.115. The van der Waals surface area contributed by atoms with Crippen LogP contribution in [0.15, 0.2) is 0 Å². The van der Waals surface area contributed by atoms with E-state index < -0.39 is 12.0 Å². The third-order valence-corrected chi connectivity index (χ3v) is 5.47. The van der Waals surface area contributed by atoms with Gasteiger partial charge in [-0.25, -0.2) is 13.6 Å². The van der Waals surface area contributed by atoms with Crippen molar-refractivity contribution in [2.75, 3.05) is 5.75 Å². The van der Waals surface area contributed by atoms with Gasteiger partial charge in [0.15, 0.2) is 0 Å². The van der Waals surface area contributed by atoms with Crippen molar-refractivity contribution in [1.29, 1.82) is 0 Å². The summed E-state index contributed by atoms with van der Waals surface area (Å²) in [6.45, 7) is 6.05. The maximum absolute atomic E-state index is 13.1. The largest absolute Gasteiger partial charge is 0.465 e. The summed E-state index contributed by atoms with van der Waals surface area (Å²) in [7, 11) is 0. The van der Waals surface area contributed by atoms with Crippen molar-refractivity contribution in [3.05, 3.63) is 0 Å². The SMILES string of the molecule is CC(C)(C)C(CCCSC1CCC(F)(F)CC1)NC(=O)O. The van der Waals surface area contributed by atoms with Crippen LogP contribution in [0.3, 0.4) is 0 Å². The Balaban J connectivity index is 2.24. The van der Waals surface area contributed by atoms with Crippen LogP contribution >= 0.6 is 11.8 Å². The van der Waals surface area contributed by atoms with E-state index in [2.05, 4.69) is 5.32 Å². The molecule has 1 saturated carbocycles. The van der Waals surface area contributed by atoms with Gasteiger partial charge in [-0.05, 0) is 36.9 Å². The summed E-state index contributed by atoms with van der Waals surface area (Å²) in [5.74, 6) is -1.55. The van der Waals surface area contributed by atoms with Crippen molar-refractivity contribution in [2.24, 2.45) is 5.41 Å². The van der Waals surface area contributed by atoms with Crippen molar-refractivity contribution in [2.45, 2.75) is 76.5 Å². The molecule has 0 radical (unpaired) electrons. The highest BCUT2D eigenvalue weighted by molar-refractivity contribution is 7.99. The minimum Gasteiger partial charge on any atom is -0.465 e. The lowest BCUT2D eigenvalue weighted by atomic mass is 9.84. The Morgan fingerprint density at radius 3 is 2.43 bits per heavy atom. The van der Waals surface area contributed by atoms with Crippen LogP contribution < -0.4 is 5.32 Å². The number of hydrogen-bond donors (Lipinski definition) is 2. The average molecular weight is 323 g/mol. The second-order valence-electron chi connectivity index (χ2n) is 6.94. The van der Waals surface area contributed by atoms with Gasteiger partial charge < -0.3 is 10.4 Å². The van der Waals surface area contributed by atoms with Crippen molar-refractivity contribution >= 4 is 17.9 Å². The molecule has 0 bridgehead atoms. The number of thioether (sulfide) groups is 1. The van der Waals surface area contributed by atoms with E-state index in [1.807, 2.05) is 20.8 Å². The normalized spacial score (nSPS) is 21.0. The van der Waals surface area contributed by atoms with E-state index in [1.165, 1.54) is 0 Å². The first-order valence-electron chi connectivity index (χ1n) is 7.59. The smallest absolute Gasteiger partial charge is 0.404 e. The molecule has 21 heavy (non-hydrogen) atoms. The van der Waals surface area contributed by atoms with Gasteiger partial charge in [0.1, 0.15) is 0 Å². The second-order valence-corrected chi connectivity index (χ2v) is 8.34. The molecule has 1 aliphatic carbocycles. The second kappa shape index (κ2) is 7.65. The molecule has 0 aliphatic heterocycles. The Hall–Kier alpha value is -0.520. The van der Waals surface area contributed by atoms with Gasteiger partial charge in [0, 0.05) is 24.1 Å². The molecule has 124 valence electrons. The molecule has 1 rings (SSSR count). The molecule has 1 fully saturated rings. The van der Waals surface area contributed by atoms with E-state index in [9.17, 15) is 13.6 Å². The average Bonchev–Trinajstić information content (AvgIpc) is 2.33. The molecule has 1 amide bonds. The van der Waals surface area contributed by atoms with E-state index >= 15 is 0 Å². The van der Waals surface area contributed by atoms with Crippen molar-refractivity contribution in [3.8, 4) is 0 Å². The van der Waals surface area contributed by atoms with E-state index in [0.29, 0.717) is 18.1 Å². The molecule has 0 aromatic rings. The molecule has 0 spiro atoms. The van der Waals surface area contributed by atoms with Gasteiger partial charge in [-0.3, -0.25) is 0 Å². The molecule has 0 aromatic carbocycles. The van der Waals surface area contributed by atoms with Gasteiger partial charge in [-0.1, -0.05) is 20.8 Å². The summed E-state index contributed by atoms with van der Waals surface area (Å²) in [4.78, 5) is 10.8. The number of nitrogens with one attached hydrogen (secondary N) is 1. The third kappa shape index (κ3) is 7.34. The minimum absolute atomic E-state index is 0.00977. The molecule has 3 nitrogen and oxygen atoms in total. The molecular weight excluding hydrogens is 296 g/mol. The zero-order chi connectivity index (χ0) is 16.1. The molecule has 2 N–H and O–H groups in total. The Morgan fingerprint density at radius 1 is 1.38 bits per heavy atom. The number of carbonyl (C=O) groups is 1. The first-order valence-corrected chi connectivity index (χ1v) is 8.64. The van der Waals surface area contributed by atoms with Gasteiger partial charge in [-0.2, -0.15) is 11.8 Å². The fraction of sp³-hybridized carbons (Fsp3) is 0.933. The number of amides is 1. The van der Waals surface area contributed by atoms with Crippen LogP contribution in [0, 0.1) is 5.41 Å². The van der Waals surface area contributed by atoms with E-state index in [-0.39, 0.29) is 24.3 Å². The third-order valence-electron chi connectivity index (χ3n) is 4.00. The molecule has 0 saturated heterocycles. The lowest BCUT2D eigenvalue weighted by Gasteiger charge is -2.31. The first kappa shape index (κ1) is 18.5. The van der Waals surface area contributed by atoms with Gasteiger partial charge in [0.25, 0.3) is 0 Å². The molecule has 1 atom stereocenters. The Kier molecular flexibility index (Phi) is 6.75. The minimum atomic E-state index is -2.46. The Morgan fingerprint density at radius 2 is 1.95 bits per heavy atom. The summed E-state index contributed by atoms with van der Waals surface area (Å²) >= 11 is 1.76. The van der Waals surface area contributed by atoms with Crippen LogP contribution in [0.4, 0.5) is 13.6 Å². The predicted molar refractivity (Wildman–Crippen MR) is 83.3 cm³/mol. The fourth-order valence-electron chi connectivity index (χ4n) is 2.59. The van der Waals surface area contributed by atoms with Crippen LogP contribution in [0.2, 0.25) is 0 Å². The first-order chi connectivity index (χ1) is 9.60. The number of rotatable bonds is 6. The Bertz CT molecular complexity index is 335. The van der Waals surface area contributed by atoms with Crippen molar-refractivity contribution < 1.29 is 18.7 Å². The van der Waals surface area contributed by atoms with Crippen LogP contribution in [0.5, 0.6) is 0 Å². The highest BCUT2D eigenvalue weighted by atomic mass is 32.2. The summed E-state index contributed by atoms with van der Waals surface area (Å²) < 4.78 is 26.1. The zero-order valence-corrected chi connectivity index (χ0v) is 13.9. The lowest BCUT2D eigenvalue weighted by Crippen LogP contribution is -2.43. The molecule has 1 aliphatic rings. The van der Waals surface area contributed by atoms with Crippen molar-refractivity contribution in [3.63, 3.8) is 0 Å². The van der Waals surface area contributed by atoms with Gasteiger partial charge in [-0.15, -0.1) is 0 Å². The fourth-order valence-corrected chi connectivity index (χ4v) is 3.82. The number of carboxylic acid groups (broad SMARTS) is 1. The summed E-state index contributed by atoms with van der Waals surface area (Å²) in [6, 6.07) is -0.0775. The monoisotopic (exact) mass is 323 g/mol. The number of alkyl halides is 2. The number of hydrogen-bond acceptors (Lipinski definition) is 2. The molecule has 0 aromatic heterocycles. The van der Waals surface area contributed by atoms with Gasteiger partial charge in [0.05, 0.1) is 0 Å². The molecule has 6 heteroatoms. The standard InChI is InChI=1S/C15H27F2NO2S/c1-14(2,3)12(18-13(19)20)5-4-10-21-11-6-8-15(16,17)9-7-11/h11-12,18H,4-10H2,1-3H3,(H,19,20). The number of halogens is 2. The molecule has 1 unspecified atom stereocenters. The molecule has 0 heterocycles. The lowest BCUT2D eigenvalue weighted by molar-refractivity contribution is -0.0323. The van der Waals surface area contributed by atoms with Crippen LogP contribution in [-0.2, 0) is 0 Å². The quantitative estimate of drug-likeness (QED) is 0.693. The zero-order valence-electron chi connectivity index (χ0n) is 13.1. The van der Waals surface area contributed by atoms with E-state index in [1.54, 1.807) is 11.8 Å². The van der Waals surface area contributed by atoms with Gasteiger partial charge >= 0.3 is 6.09 Å². The molecular formula is C15H27F2NO2S. The van der Waals surface area contributed by atoms with E-state index in [0.717, 1.165) is 18.6 Å². The topological polar surface area (TPSA) is 49.3 Å². The van der Waals surface area contributed by atoms with Gasteiger partial charge in [0.2, 0.25) is 5.92 Å². The highest BCUT2D eigenvalue weighted by Crippen LogP contribution is 2.38. The van der Waals surface area contributed by atoms with E-state index in [4.69, 9.17) is 5.11 Å². The van der Waals surface area contributed by atoms with Crippen LogP contribution in [0.1, 0.15) is 59.3 Å². The maximum Gasteiger partial charge on any atom is 0.404 e. The predicted octanol–water partition coefficient (Wildman–Crippen LogP) is 4.76. The summed E-state index contributed by atoms with van der Waals surface area (Å²) in [5, 5.41) is 11.8. The van der Waals surface area contributed by atoms with Crippen molar-refractivity contribution in [1.82, 2.24) is 5.32 Å². The highest BCUT2D eigenvalue weighted by Gasteiger charge is 2.34. The van der Waals surface area contributed by atoms with Crippen LogP contribution in [0.25, 0.3) is 0 Å². The summed E-state index contributed by atoms with van der Waals surface area (Å²) in [6.07, 6.45) is 1.90. The Labute approximate surface area is 130 Å². The maximum atomic E-state index is 13.1. The van der Waals surface area contributed by atoms with Crippen LogP contribution in [-0.4, -0.2) is 34.2 Å².